The molecule has 1 aliphatic heterocycles. The number of fused-ring (bicyclic) bond motifs is 1. The summed E-state index contributed by atoms with van der Waals surface area (Å²) in [6.45, 7) is 4.14. The van der Waals surface area contributed by atoms with Gasteiger partial charge in [-0.3, -0.25) is 9.59 Å². The van der Waals surface area contributed by atoms with Gasteiger partial charge in [0.25, 0.3) is 5.91 Å². The van der Waals surface area contributed by atoms with Gasteiger partial charge >= 0.3 is 0 Å². The van der Waals surface area contributed by atoms with E-state index in [0.29, 0.717) is 17.2 Å². The number of aliphatic hydroxyl groups is 1. The maximum absolute atomic E-state index is 12.6. The second kappa shape index (κ2) is 6.04. The molecule has 2 aromatic carbocycles. The van der Waals surface area contributed by atoms with Crippen LogP contribution in [0.15, 0.2) is 42.5 Å². The lowest BCUT2D eigenvalue weighted by Crippen LogP contribution is -2.36. The van der Waals surface area contributed by atoms with Crippen LogP contribution in [0.1, 0.15) is 47.7 Å². The van der Waals surface area contributed by atoms with Crippen molar-refractivity contribution < 1.29 is 14.7 Å². The van der Waals surface area contributed by atoms with E-state index in [9.17, 15) is 14.7 Å². The van der Waals surface area contributed by atoms with Crippen molar-refractivity contribution in [2.45, 2.75) is 31.8 Å². The van der Waals surface area contributed by atoms with Gasteiger partial charge < -0.3 is 10.4 Å². The summed E-state index contributed by atoms with van der Waals surface area (Å²) in [7, 11) is 0. The lowest BCUT2D eigenvalue weighted by Gasteiger charge is -2.21. The van der Waals surface area contributed by atoms with Crippen molar-refractivity contribution in [1.82, 2.24) is 0 Å². The molecule has 1 atom stereocenters. The first-order valence-corrected chi connectivity index (χ1v) is 8.16. The predicted molar refractivity (Wildman–Crippen MR) is 93.5 cm³/mol. The molecular formula is C19H18ClNO3. The van der Waals surface area contributed by atoms with Crippen molar-refractivity contribution in [1.29, 1.82) is 0 Å². The Morgan fingerprint density at radius 2 is 1.88 bits per heavy atom. The molecule has 0 fully saturated rings. The number of carbonyl (C=O) groups is 2. The Morgan fingerprint density at radius 3 is 2.50 bits per heavy atom. The van der Waals surface area contributed by atoms with Crippen LogP contribution in [-0.2, 0) is 10.4 Å². The molecule has 124 valence electrons. The van der Waals surface area contributed by atoms with E-state index in [4.69, 9.17) is 11.6 Å². The largest absolute Gasteiger partial charge is 0.375 e. The number of ketones is 1. The van der Waals surface area contributed by atoms with Gasteiger partial charge in [-0.25, -0.2) is 0 Å². The van der Waals surface area contributed by atoms with Crippen molar-refractivity contribution in [2.75, 3.05) is 5.32 Å². The Hall–Kier alpha value is -2.17. The normalized spacial score (nSPS) is 19.3. The lowest BCUT2D eigenvalue weighted by atomic mass is 9.87. The predicted octanol–water partition coefficient (Wildman–Crippen LogP) is 3.88. The Labute approximate surface area is 145 Å². The SMILES string of the molecule is CC(C)c1ccc(C(=O)CC2(O)C(=O)Nc3cccc(Cl)c32)cc1. The van der Waals surface area contributed by atoms with E-state index in [0.717, 1.165) is 5.56 Å². The third kappa shape index (κ3) is 2.72. The van der Waals surface area contributed by atoms with E-state index in [1.165, 1.54) is 0 Å². The molecule has 0 aliphatic carbocycles. The molecule has 5 heteroatoms. The molecule has 4 nitrogen and oxygen atoms in total. The van der Waals surface area contributed by atoms with Crippen LogP contribution in [0.5, 0.6) is 0 Å². The summed E-state index contributed by atoms with van der Waals surface area (Å²) in [4.78, 5) is 24.8. The van der Waals surface area contributed by atoms with Gasteiger partial charge in [-0.05, 0) is 23.6 Å². The Morgan fingerprint density at radius 1 is 1.21 bits per heavy atom. The van der Waals surface area contributed by atoms with Gasteiger partial charge in [0.2, 0.25) is 0 Å². The van der Waals surface area contributed by atoms with Gasteiger partial charge in [0.15, 0.2) is 11.4 Å². The smallest absolute Gasteiger partial charge is 0.261 e. The van der Waals surface area contributed by atoms with Gasteiger partial charge in [-0.2, -0.15) is 0 Å². The number of Topliss-reactive ketones (excluding diaryl/α,β-unsaturated/α-hetero) is 1. The Bertz CT molecular complexity index is 814. The maximum Gasteiger partial charge on any atom is 0.261 e. The molecule has 2 aromatic rings. The third-order valence-corrected chi connectivity index (χ3v) is 4.68. The summed E-state index contributed by atoms with van der Waals surface area (Å²) >= 11 is 6.14. The number of nitrogens with one attached hydrogen (secondary N) is 1. The van der Waals surface area contributed by atoms with E-state index in [1.54, 1.807) is 30.3 Å². The molecule has 24 heavy (non-hydrogen) atoms. The number of carbonyl (C=O) groups excluding carboxylic acids is 2. The van der Waals surface area contributed by atoms with Crippen LogP contribution in [0.2, 0.25) is 5.02 Å². The molecular weight excluding hydrogens is 326 g/mol. The fourth-order valence-electron chi connectivity index (χ4n) is 2.94. The van der Waals surface area contributed by atoms with Crippen molar-refractivity contribution in [3.8, 4) is 0 Å². The third-order valence-electron chi connectivity index (χ3n) is 4.37. The highest BCUT2D eigenvalue weighted by atomic mass is 35.5. The summed E-state index contributed by atoms with van der Waals surface area (Å²) in [5.41, 5.74) is 0.349. The second-order valence-electron chi connectivity index (χ2n) is 6.35. The standard InChI is InChI=1S/C19H18ClNO3/c1-11(2)12-6-8-13(9-7-12)16(22)10-19(24)17-14(20)4-3-5-15(17)21-18(19)23/h3-9,11,24H,10H2,1-2H3,(H,21,23). The highest BCUT2D eigenvalue weighted by molar-refractivity contribution is 6.33. The van der Waals surface area contributed by atoms with Crippen LogP contribution < -0.4 is 5.32 Å². The minimum atomic E-state index is -1.94. The maximum atomic E-state index is 12.6. The minimum Gasteiger partial charge on any atom is -0.375 e. The number of rotatable bonds is 4. The molecule has 0 aromatic heterocycles. The number of benzene rings is 2. The first-order valence-electron chi connectivity index (χ1n) is 7.79. The number of amides is 1. The van der Waals surface area contributed by atoms with Crippen LogP contribution >= 0.6 is 11.6 Å². The molecule has 1 amide bonds. The fraction of sp³-hybridized carbons (Fsp3) is 0.263. The molecule has 0 saturated heterocycles. The topological polar surface area (TPSA) is 66.4 Å². The van der Waals surface area contributed by atoms with Crippen molar-refractivity contribution in [3.05, 3.63) is 64.2 Å². The first kappa shape index (κ1) is 16.7. The Kier molecular flexibility index (Phi) is 4.20. The molecule has 0 spiro atoms. The van der Waals surface area contributed by atoms with E-state index < -0.39 is 11.5 Å². The fourth-order valence-corrected chi connectivity index (χ4v) is 3.28. The van der Waals surface area contributed by atoms with Gasteiger partial charge in [0.1, 0.15) is 0 Å². The molecule has 0 radical (unpaired) electrons. The van der Waals surface area contributed by atoms with E-state index >= 15 is 0 Å². The number of hydrogen-bond acceptors (Lipinski definition) is 3. The average molecular weight is 344 g/mol. The zero-order chi connectivity index (χ0) is 17.5. The van der Waals surface area contributed by atoms with E-state index in [2.05, 4.69) is 19.2 Å². The lowest BCUT2D eigenvalue weighted by molar-refractivity contribution is -0.133. The van der Waals surface area contributed by atoms with Crippen molar-refractivity contribution in [2.24, 2.45) is 0 Å². The summed E-state index contributed by atoms with van der Waals surface area (Å²) in [5.74, 6) is -0.571. The van der Waals surface area contributed by atoms with Crippen LogP contribution in [0.25, 0.3) is 0 Å². The molecule has 3 rings (SSSR count). The van der Waals surface area contributed by atoms with Gasteiger partial charge in [-0.15, -0.1) is 0 Å². The van der Waals surface area contributed by atoms with E-state index in [-0.39, 0.29) is 22.8 Å². The molecule has 0 saturated carbocycles. The van der Waals surface area contributed by atoms with Gasteiger partial charge in [-0.1, -0.05) is 55.8 Å². The highest BCUT2D eigenvalue weighted by Crippen LogP contribution is 2.43. The summed E-state index contributed by atoms with van der Waals surface area (Å²) in [6.07, 6.45) is -0.351. The van der Waals surface area contributed by atoms with E-state index in [1.807, 2.05) is 12.1 Å². The van der Waals surface area contributed by atoms with Crippen molar-refractivity contribution in [3.63, 3.8) is 0 Å². The van der Waals surface area contributed by atoms with Crippen molar-refractivity contribution >= 4 is 29.0 Å². The zero-order valence-corrected chi connectivity index (χ0v) is 14.2. The highest BCUT2D eigenvalue weighted by Gasteiger charge is 2.48. The quantitative estimate of drug-likeness (QED) is 0.828. The van der Waals surface area contributed by atoms with Crippen LogP contribution in [0, 0.1) is 0 Å². The van der Waals surface area contributed by atoms with Crippen LogP contribution in [0.3, 0.4) is 0 Å². The Balaban J connectivity index is 1.90. The number of halogens is 1. The van der Waals surface area contributed by atoms with Crippen LogP contribution in [0.4, 0.5) is 5.69 Å². The zero-order valence-electron chi connectivity index (χ0n) is 13.5. The van der Waals surface area contributed by atoms with Gasteiger partial charge in [0.05, 0.1) is 6.42 Å². The summed E-state index contributed by atoms with van der Waals surface area (Å²) in [6, 6.07) is 12.1. The average Bonchev–Trinajstić information content (AvgIpc) is 2.79. The molecule has 1 unspecified atom stereocenters. The number of hydrogen-bond donors (Lipinski definition) is 2. The minimum absolute atomic E-state index is 0.260. The monoisotopic (exact) mass is 343 g/mol. The first-order chi connectivity index (χ1) is 11.3. The number of anilines is 1. The second-order valence-corrected chi connectivity index (χ2v) is 6.76. The molecule has 0 bridgehead atoms. The summed E-state index contributed by atoms with van der Waals surface area (Å²) in [5, 5.41) is 13.7. The molecule has 2 N–H and O–H groups in total. The summed E-state index contributed by atoms with van der Waals surface area (Å²) < 4.78 is 0. The molecule has 1 aliphatic rings. The van der Waals surface area contributed by atoms with Crippen LogP contribution in [-0.4, -0.2) is 16.8 Å². The molecule has 1 heterocycles. The van der Waals surface area contributed by atoms with Gasteiger partial charge in [0, 0.05) is 21.8 Å².